The van der Waals surface area contributed by atoms with Crippen LogP contribution in [0.5, 0.6) is 0 Å². The zero-order valence-electron chi connectivity index (χ0n) is 7.63. The highest BCUT2D eigenvalue weighted by Crippen LogP contribution is 2.20. The first kappa shape index (κ1) is 9.05. The van der Waals surface area contributed by atoms with Crippen molar-refractivity contribution in [1.29, 1.82) is 5.26 Å². The molecule has 0 aromatic rings. The molecular weight excluding hydrogens is 152 g/mol. The second-order valence-electron chi connectivity index (χ2n) is 3.74. The molecule has 0 unspecified atom stereocenters. The van der Waals surface area contributed by atoms with Crippen LogP contribution in [0.4, 0.5) is 0 Å². The van der Waals surface area contributed by atoms with E-state index in [4.69, 9.17) is 5.26 Å². The molecule has 0 aromatic heterocycles. The molecular formula is C9H14N2O. The lowest BCUT2D eigenvalue weighted by molar-refractivity contribution is -0.136. The SMILES string of the molecule is CC(C)(C#N)C(=O)N1CCCC1. The summed E-state index contributed by atoms with van der Waals surface area (Å²) < 4.78 is 0. The first-order valence-electron chi connectivity index (χ1n) is 4.28. The number of hydrogen-bond donors (Lipinski definition) is 0. The van der Waals surface area contributed by atoms with Crippen molar-refractivity contribution in [1.82, 2.24) is 4.90 Å². The summed E-state index contributed by atoms with van der Waals surface area (Å²) in [4.78, 5) is 13.4. The molecule has 0 saturated carbocycles. The van der Waals surface area contributed by atoms with Gasteiger partial charge in [-0.1, -0.05) is 0 Å². The second-order valence-corrected chi connectivity index (χ2v) is 3.74. The summed E-state index contributed by atoms with van der Waals surface area (Å²) in [5.74, 6) is -0.0255. The summed E-state index contributed by atoms with van der Waals surface area (Å²) in [5.41, 5.74) is -0.843. The molecule has 1 aliphatic rings. The highest BCUT2D eigenvalue weighted by molar-refractivity contribution is 5.84. The minimum atomic E-state index is -0.843. The lowest BCUT2D eigenvalue weighted by atomic mass is 9.94. The molecule has 0 spiro atoms. The van der Waals surface area contributed by atoms with E-state index in [0.29, 0.717) is 0 Å². The highest BCUT2D eigenvalue weighted by Gasteiger charge is 2.32. The summed E-state index contributed by atoms with van der Waals surface area (Å²) in [6.07, 6.45) is 2.15. The summed E-state index contributed by atoms with van der Waals surface area (Å²) in [6.45, 7) is 5.00. The number of likely N-dealkylation sites (tertiary alicyclic amines) is 1. The third kappa shape index (κ3) is 1.58. The van der Waals surface area contributed by atoms with Crippen molar-refractivity contribution in [3.8, 4) is 6.07 Å². The fourth-order valence-corrected chi connectivity index (χ4v) is 1.36. The second kappa shape index (κ2) is 3.14. The molecule has 0 aliphatic carbocycles. The van der Waals surface area contributed by atoms with E-state index in [1.165, 1.54) is 0 Å². The van der Waals surface area contributed by atoms with E-state index in [2.05, 4.69) is 0 Å². The average molecular weight is 166 g/mol. The Morgan fingerprint density at radius 1 is 1.42 bits per heavy atom. The summed E-state index contributed by atoms with van der Waals surface area (Å²) in [7, 11) is 0. The number of amides is 1. The Morgan fingerprint density at radius 3 is 2.33 bits per heavy atom. The van der Waals surface area contributed by atoms with E-state index < -0.39 is 5.41 Å². The quantitative estimate of drug-likeness (QED) is 0.586. The Hall–Kier alpha value is -1.04. The van der Waals surface area contributed by atoms with Crippen molar-refractivity contribution in [3.05, 3.63) is 0 Å². The minimum absolute atomic E-state index is 0.0255. The maximum atomic E-state index is 11.6. The molecule has 0 aromatic carbocycles. The zero-order chi connectivity index (χ0) is 9.19. The molecule has 1 heterocycles. The van der Waals surface area contributed by atoms with Crippen LogP contribution in [0.25, 0.3) is 0 Å². The summed E-state index contributed by atoms with van der Waals surface area (Å²) >= 11 is 0. The Bertz CT molecular complexity index is 221. The maximum Gasteiger partial charge on any atom is 0.242 e. The van der Waals surface area contributed by atoms with Gasteiger partial charge in [-0.15, -0.1) is 0 Å². The summed E-state index contributed by atoms with van der Waals surface area (Å²) in [5, 5.41) is 8.73. The third-order valence-electron chi connectivity index (χ3n) is 2.21. The smallest absolute Gasteiger partial charge is 0.242 e. The molecule has 1 rings (SSSR count). The molecule has 0 atom stereocenters. The standard InChI is InChI=1S/C9H14N2O/c1-9(2,7-10)8(12)11-5-3-4-6-11/h3-6H2,1-2H3. The van der Waals surface area contributed by atoms with E-state index in [9.17, 15) is 4.79 Å². The normalized spacial score (nSPS) is 17.6. The van der Waals surface area contributed by atoms with Crippen LogP contribution in [0, 0.1) is 16.7 Å². The molecule has 0 bridgehead atoms. The van der Waals surface area contributed by atoms with Crippen molar-refractivity contribution in [2.45, 2.75) is 26.7 Å². The maximum absolute atomic E-state index is 11.6. The molecule has 1 aliphatic heterocycles. The number of hydrogen-bond acceptors (Lipinski definition) is 2. The van der Waals surface area contributed by atoms with Gasteiger partial charge in [-0.05, 0) is 26.7 Å². The van der Waals surface area contributed by atoms with Crippen LogP contribution in [-0.2, 0) is 4.79 Å². The van der Waals surface area contributed by atoms with Gasteiger partial charge < -0.3 is 4.90 Å². The Labute approximate surface area is 73.0 Å². The van der Waals surface area contributed by atoms with E-state index >= 15 is 0 Å². The molecule has 1 fully saturated rings. The number of nitrogens with zero attached hydrogens (tertiary/aromatic N) is 2. The first-order valence-corrected chi connectivity index (χ1v) is 4.28. The van der Waals surface area contributed by atoms with Crippen molar-refractivity contribution >= 4 is 5.91 Å². The number of rotatable bonds is 1. The molecule has 0 N–H and O–H groups in total. The molecule has 1 saturated heterocycles. The minimum Gasteiger partial charge on any atom is -0.341 e. The Balaban J connectivity index is 2.64. The van der Waals surface area contributed by atoms with Crippen LogP contribution < -0.4 is 0 Å². The third-order valence-corrected chi connectivity index (χ3v) is 2.21. The number of carbonyl (C=O) groups excluding carboxylic acids is 1. The summed E-state index contributed by atoms with van der Waals surface area (Å²) in [6, 6.07) is 2.03. The van der Waals surface area contributed by atoms with Crippen LogP contribution in [0.2, 0.25) is 0 Å². The van der Waals surface area contributed by atoms with Gasteiger partial charge in [0.25, 0.3) is 0 Å². The van der Waals surface area contributed by atoms with Crippen LogP contribution in [-0.4, -0.2) is 23.9 Å². The van der Waals surface area contributed by atoms with Gasteiger partial charge in [-0.25, -0.2) is 0 Å². The van der Waals surface area contributed by atoms with Crippen LogP contribution in [0.3, 0.4) is 0 Å². The monoisotopic (exact) mass is 166 g/mol. The molecule has 1 amide bonds. The fourth-order valence-electron chi connectivity index (χ4n) is 1.36. The predicted octanol–water partition coefficient (Wildman–Crippen LogP) is 1.16. The largest absolute Gasteiger partial charge is 0.341 e. The number of nitriles is 1. The first-order chi connectivity index (χ1) is 5.58. The van der Waals surface area contributed by atoms with Gasteiger partial charge in [-0.2, -0.15) is 5.26 Å². The molecule has 12 heavy (non-hydrogen) atoms. The van der Waals surface area contributed by atoms with Crippen molar-refractivity contribution in [2.24, 2.45) is 5.41 Å². The van der Waals surface area contributed by atoms with Gasteiger partial charge >= 0.3 is 0 Å². The van der Waals surface area contributed by atoms with Crippen molar-refractivity contribution in [3.63, 3.8) is 0 Å². The van der Waals surface area contributed by atoms with Gasteiger partial charge in [-0.3, -0.25) is 4.79 Å². The Kier molecular flexibility index (Phi) is 2.37. The Morgan fingerprint density at radius 2 is 1.92 bits per heavy atom. The lowest BCUT2D eigenvalue weighted by Gasteiger charge is -2.22. The van der Waals surface area contributed by atoms with Crippen molar-refractivity contribution in [2.75, 3.05) is 13.1 Å². The van der Waals surface area contributed by atoms with Gasteiger partial charge in [0.15, 0.2) is 0 Å². The van der Waals surface area contributed by atoms with Gasteiger partial charge in [0, 0.05) is 13.1 Å². The van der Waals surface area contributed by atoms with Crippen LogP contribution in [0.15, 0.2) is 0 Å². The van der Waals surface area contributed by atoms with E-state index in [-0.39, 0.29) is 5.91 Å². The molecule has 0 radical (unpaired) electrons. The number of carbonyl (C=O) groups is 1. The van der Waals surface area contributed by atoms with Gasteiger partial charge in [0.2, 0.25) is 5.91 Å². The van der Waals surface area contributed by atoms with Gasteiger partial charge in [0.1, 0.15) is 5.41 Å². The zero-order valence-corrected chi connectivity index (χ0v) is 7.63. The van der Waals surface area contributed by atoms with E-state index in [0.717, 1.165) is 25.9 Å². The molecule has 3 heteroatoms. The highest BCUT2D eigenvalue weighted by atomic mass is 16.2. The topological polar surface area (TPSA) is 44.1 Å². The van der Waals surface area contributed by atoms with Crippen LogP contribution >= 0.6 is 0 Å². The van der Waals surface area contributed by atoms with Crippen molar-refractivity contribution < 1.29 is 4.79 Å². The fraction of sp³-hybridized carbons (Fsp3) is 0.778. The molecule has 66 valence electrons. The van der Waals surface area contributed by atoms with E-state index in [1.54, 1.807) is 18.7 Å². The lowest BCUT2D eigenvalue weighted by Crippen LogP contribution is -2.38. The van der Waals surface area contributed by atoms with E-state index in [1.807, 2.05) is 6.07 Å². The molecule has 3 nitrogen and oxygen atoms in total. The average Bonchev–Trinajstić information content (AvgIpc) is 2.55. The van der Waals surface area contributed by atoms with Crippen LogP contribution in [0.1, 0.15) is 26.7 Å². The predicted molar refractivity (Wildman–Crippen MR) is 45.2 cm³/mol. The van der Waals surface area contributed by atoms with Gasteiger partial charge in [0.05, 0.1) is 6.07 Å².